The topological polar surface area (TPSA) is 47.3 Å². The quantitative estimate of drug-likeness (QED) is 0.751. The van der Waals surface area contributed by atoms with E-state index >= 15 is 0 Å². The van der Waals surface area contributed by atoms with E-state index in [2.05, 4.69) is 0 Å². The van der Waals surface area contributed by atoms with Crippen LogP contribution in [0.4, 0.5) is 0 Å². The first-order chi connectivity index (χ1) is 9.50. The second-order valence-electron chi connectivity index (χ2n) is 5.96. The maximum Gasteiger partial charge on any atom is 0.163 e. The van der Waals surface area contributed by atoms with Crippen LogP contribution in [0.2, 0.25) is 0 Å². The Labute approximate surface area is 120 Å². The molecule has 0 N–H and O–H groups in total. The van der Waals surface area contributed by atoms with Gasteiger partial charge in [-0.05, 0) is 39.5 Å². The molecule has 0 spiro atoms. The molecule has 1 aromatic heterocycles. The van der Waals surface area contributed by atoms with Gasteiger partial charge in [0.1, 0.15) is 17.3 Å². The summed E-state index contributed by atoms with van der Waals surface area (Å²) in [6, 6.07) is 0. The molecule has 20 heavy (non-hydrogen) atoms. The molecular formula is C17H24O3. The van der Waals surface area contributed by atoms with E-state index in [-0.39, 0.29) is 11.6 Å². The predicted octanol–water partition coefficient (Wildman–Crippen LogP) is 4.36. The van der Waals surface area contributed by atoms with Crippen molar-refractivity contribution >= 4 is 11.6 Å². The van der Waals surface area contributed by atoms with Crippen molar-refractivity contribution in [2.45, 2.75) is 71.6 Å². The molecule has 1 aliphatic rings. The number of carbonyl (C=O) groups is 2. The van der Waals surface area contributed by atoms with Crippen molar-refractivity contribution in [3.8, 4) is 0 Å². The predicted molar refractivity (Wildman–Crippen MR) is 78.3 cm³/mol. The minimum Gasteiger partial charge on any atom is -0.465 e. The third kappa shape index (κ3) is 3.20. The summed E-state index contributed by atoms with van der Waals surface area (Å²) in [7, 11) is 0. The normalized spacial score (nSPS) is 16.4. The van der Waals surface area contributed by atoms with Crippen molar-refractivity contribution in [3.63, 3.8) is 0 Å². The fourth-order valence-corrected chi connectivity index (χ4v) is 3.36. The van der Waals surface area contributed by atoms with Crippen LogP contribution in [0.1, 0.15) is 85.7 Å². The molecule has 3 heteroatoms. The van der Waals surface area contributed by atoms with Gasteiger partial charge in [0.2, 0.25) is 0 Å². The van der Waals surface area contributed by atoms with E-state index in [1.54, 1.807) is 13.8 Å². The summed E-state index contributed by atoms with van der Waals surface area (Å²) in [6.45, 7) is 5.07. The molecule has 2 rings (SSSR count). The molecule has 0 saturated heterocycles. The average Bonchev–Trinajstić information content (AvgIpc) is 2.74. The van der Waals surface area contributed by atoms with E-state index in [0.717, 1.165) is 35.5 Å². The molecular weight excluding hydrogens is 252 g/mol. The van der Waals surface area contributed by atoms with Crippen molar-refractivity contribution in [2.75, 3.05) is 0 Å². The van der Waals surface area contributed by atoms with Crippen LogP contribution in [-0.2, 0) is 11.2 Å². The van der Waals surface area contributed by atoms with E-state index in [0.29, 0.717) is 18.8 Å². The molecule has 0 radical (unpaired) electrons. The van der Waals surface area contributed by atoms with Gasteiger partial charge in [-0.1, -0.05) is 19.3 Å². The maximum absolute atomic E-state index is 12.0. The highest BCUT2D eigenvalue weighted by Crippen LogP contribution is 2.39. The second kappa shape index (κ2) is 6.38. The summed E-state index contributed by atoms with van der Waals surface area (Å²) in [5.41, 5.74) is 1.88. The van der Waals surface area contributed by atoms with E-state index in [1.807, 2.05) is 6.92 Å². The SMILES string of the molecule is CC(=O)CCc1oc(C)c(C(C)=O)c1C1CCCCC1. The molecule has 110 valence electrons. The summed E-state index contributed by atoms with van der Waals surface area (Å²) < 4.78 is 5.84. The van der Waals surface area contributed by atoms with Gasteiger partial charge in [-0.3, -0.25) is 4.79 Å². The highest BCUT2D eigenvalue weighted by molar-refractivity contribution is 5.97. The Morgan fingerprint density at radius 1 is 1.15 bits per heavy atom. The van der Waals surface area contributed by atoms with Gasteiger partial charge in [0.25, 0.3) is 0 Å². The van der Waals surface area contributed by atoms with Crippen molar-refractivity contribution in [2.24, 2.45) is 0 Å². The van der Waals surface area contributed by atoms with Gasteiger partial charge >= 0.3 is 0 Å². The lowest BCUT2D eigenvalue weighted by Gasteiger charge is -2.22. The molecule has 0 bridgehead atoms. The zero-order valence-electron chi connectivity index (χ0n) is 12.8. The summed E-state index contributed by atoms with van der Waals surface area (Å²) in [4.78, 5) is 23.2. The zero-order chi connectivity index (χ0) is 14.7. The van der Waals surface area contributed by atoms with E-state index in [4.69, 9.17) is 4.42 Å². The van der Waals surface area contributed by atoms with Crippen LogP contribution in [0.3, 0.4) is 0 Å². The Hall–Kier alpha value is -1.38. The standard InChI is InChI=1S/C17H24O3/c1-11(18)9-10-15-17(14-7-5-4-6-8-14)16(12(2)19)13(3)20-15/h14H,4-10H2,1-3H3. The molecule has 1 saturated carbocycles. The Morgan fingerprint density at radius 3 is 2.35 bits per heavy atom. The maximum atomic E-state index is 12.0. The lowest BCUT2D eigenvalue weighted by molar-refractivity contribution is -0.117. The van der Waals surface area contributed by atoms with Crippen LogP contribution in [0.5, 0.6) is 0 Å². The fraction of sp³-hybridized carbons (Fsp3) is 0.647. The summed E-state index contributed by atoms with van der Waals surface area (Å²) >= 11 is 0. The van der Waals surface area contributed by atoms with E-state index in [1.165, 1.54) is 19.3 Å². The third-order valence-corrected chi connectivity index (χ3v) is 4.27. The minimum atomic E-state index is 0.0842. The van der Waals surface area contributed by atoms with Gasteiger partial charge in [-0.2, -0.15) is 0 Å². The number of aryl methyl sites for hydroxylation is 2. The van der Waals surface area contributed by atoms with Crippen LogP contribution in [0, 0.1) is 6.92 Å². The fourth-order valence-electron chi connectivity index (χ4n) is 3.36. The summed E-state index contributed by atoms with van der Waals surface area (Å²) in [5, 5.41) is 0. The minimum absolute atomic E-state index is 0.0842. The number of hydrogen-bond acceptors (Lipinski definition) is 3. The first-order valence-corrected chi connectivity index (χ1v) is 7.63. The molecule has 1 aliphatic carbocycles. The van der Waals surface area contributed by atoms with Gasteiger partial charge in [-0.15, -0.1) is 0 Å². The second-order valence-corrected chi connectivity index (χ2v) is 5.96. The van der Waals surface area contributed by atoms with Crippen LogP contribution in [0.15, 0.2) is 4.42 Å². The Kier molecular flexibility index (Phi) is 4.79. The lowest BCUT2D eigenvalue weighted by atomic mass is 9.81. The third-order valence-electron chi connectivity index (χ3n) is 4.27. The molecule has 3 nitrogen and oxygen atoms in total. The first kappa shape index (κ1) is 15.0. The first-order valence-electron chi connectivity index (χ1n) is 7.63. The number of furan rings is 1. The highest BCUT2D eigenvalue weighted by Gasteiger charge is 2.28. The largest absolute Gasteiger partial charge is 0.465 e. The van der Waals surface area contributed by atoms with Gasteiger partial charge in [0.15, 0.2) is 5.78 Å². The Bertz CT molecular complexity index is 505. The molecule has 0 aromatic carbocycles. The smallest absolute Gasteiger partial charge is 0.163 e. The van der Waals surface area contributed by atoms with Crippen molar-refractivity contribution in [1.29, 1.82) is 0 Å². The monoisotopic (exact) mass is 276 g/mol. The van der Waals surface area contributed by atoms with Gasteiger partial charge in [0.05, 0.1) is 5.56 Å². The van der Waals surface area contributed by atoms with Crippen molar-refractivity contribution < 1.29 is 14.0 Å². The number of ketones is 2. The van der Waals surface area contributed by atoms with Gasteiger partial charge in [-0.25, -0.2) is 0 Å². The van der Waals surface area contributed by atoms with Crippen molar-refractivity contribution in [1.82, 2.24) is 0 Å². The number of carbonyl (C=O) groups excluding carboxylic acids is 2. The Balaban J connectivity index is 2.37. The number of rotatable bonds is 5. The Morgan fingerprint density at radius 2 is 1.80 bits per heavy atom. The lowest BCUT2D eigenvalue weighted by Crippen LogP contribution is -2.10. The summed E-state index contributed by atoms with van der Waals surface area (Å²) in [5.74, 6) is 2.27. The zero-order valence-corrected chi connectivity index (χ0v) is 12.8. The van der Waals surface area contributed by atoms with Crippen LogP contribution < -0.4 is 0 Å². The van der Waals surface area contributed by atoms with Gasteiger partial charge in [0, 0.05) is 18.4 Å². The summed E-state index contributed by atoms with van der Waals surface area (Å²) in [6.07, 6.45) is 7.10. The van der Waals surface area contributed by atoms with Gasteiger partial charge < -0.3 is 9.21 Å². The van der Waals surface area contributed by atoms with E-state index < -0.39 is 0 Å². The molecule has 0 atom stereocenters. The molecule has 0 unspecified atom stereocenters. The van der Waals surface area contributed by atoms with Crippen LogP contribution in [0.25, 0.3) is 0 Å². The van der Waals surface area contributed by atoms with Crippen molar-refractivity contribution in [3.05, 3.63) is 22.6 Å². The van der Waals surface area contributed by atoms with Crippen LogP contribution in [-0.4, -0.2) is 11.6 Å². The molecule has 1 fully saturated rings. The van der Waals surface area contributed by atoms with E-state index in [9.17, 15) is 9.59 Å². The molecule has 1 aromatic rings. The number of hydrogen-bond donors (Lipinski definition) is 0. The molecule has 0 aliphatic heterocycles. The van der Waals surface area contributed by atoms with Crippen LogP contribution >= 0.6 is 0 Å². The molecule has 1 heterocycles. The highest BCUT2D eigenvalue weighted by atomic mass is 16.3. The average molecular weight is 276 g/mol. The molecule has 0 amide bonds. The number of Topliss-reactive ketones (excluding diaryl/α,β-unsaturated/α-hetero) is 2.